The van der Waals surface area contributed by atoms with Crippen molar-refractivity contribution in [2.75, 3.05) is 39.3 Å². The predicted molar refractivity (Wildman–Crippen MR) is 146 cm³/mol. The zero-order valence-corrected chi connectivity index (χ0v) is 22.1. The van der Waals surface area contributed by atoms with Crippen molar-refractivity contribution in [3.63, 3.8) is 0 Å². The van der Waals surface area contributed by atoms with E-state index in [2.05, 4.69) is 21.9 Å². The van der Waals surface area contributed by atoms with Crippen molar-refractivity contribution in [2.45, 2.75) is 18.7 Å². The number of carbonyl (C=O) groups excluding carboxylic acids is 1. The minimum Gasteiger partial charge on any atom is -0.390 e. The summed E-state index contributed by atoms with van der Waals surface area (Å²) >= 11 is 18.3. The third kappa shape index (κ3) is 5.72. The molecule has 5 nitrogen and oxygen atoms in total. The van der Waals surface area contributed by atoms with Crippen LogP contribution < -0.4 is 0 Å². The summed E-state index contributed by atoms with van der Waals surface area (Å²) in [5.74, 6) is -0.0976. The van der Waals surface area contributed by atoms with E-state index in [1.165, 1.54) is 5.56 Å². The lowest BCUT2D eigenvalue weighted by molar-refractivity contribution is 0.0423. The molecule has 0 aromatic heterocycles. The molecule has 5 rings (SSSR count). The standard InChI is InChI=1S/C28H28Cl3N3O2/c29-21-5-1-19(2-6-21)16-32-11-13-33(14-12-32)26-17-34(18-27(26)35)28(36)24-10-9-23(31)15-25(24)20-3-7-22(30)8-4-20/h1-10,15,26-27,35H,11-14,16-18H2/t26-,27-/m1/s1. The highest BCUT2D eigenvalue weighted by Gasteiger charge is 2.39. The van der Waals surface area contributed by atoms with Crippen LogP contribution in [0.4, 0.5) is 0 Å². The molecule has 0 bridgehead atoms. The molecule has 1 amide bonds. The normalized spacial score (nSPS) is 21.2. The summed E-state index contributed by atoms with van der Waals surface area (Å²) in [5.41, 5.74) is 3.45. The van der Waals surface area contributed by atoms with E-state index in [9.17, 15) is 9.90 Å². The van der Waals surface area contributed by atoms with Gasteiger partial charge in [-0.2, -0.15) is 0 Å². The lowest BCUT2D eigenvalue weighted by Gasteiger charge is -2.38. The smallest absolute Gasteiger partial charge is 0.254 e. The molecule has 2 aliphatic heterocycles. The molecule has 8 heteroatoms. The van der Waals surface area contributed by atoms with Gasteiger partial charge in [-0.25, -0.2) is 0 Å². The maximum atomic E-state index is 13.6. The molecule has 3 aromatic carbocycles. The predicted octanol–water partition coefficient (Wildman–Crippen LogP) is 5.32. The van der Waals surface area contributed by atoms with E-state index >= 15 is 0 Å². The number of hydrogen-bond acceptors (Lipinski definition) is 4. The van der Waals surface area contributed by atoms with E-state index in [0.717, 1.165) is 48.9 Å². The number of aliphatic hydroxyl groups excluding tert-OH is 1. The van der Waals surface area contributed by atoms with Crippen LogP contribution in [0.2, 0.25) is 15.1 Å². The fourth-order valence-electron chi connectivity index (χ4n) is 5.14. The number of carbonyl (C=O) groups is 1. The highest BCUT2D eigenvalue weighted by atomic mass is 35.5. The molecule has 2 heterocycles. The average Bonchev–Trinajstić information content (AvgIpc) is 3.27. The first-order valence-corrected chi connectivity index (χ1v) is 13.2. The van der Waals surface area contributed by atoms with Gasteiger partial charge in [-0.05, 0) is 59.2 Å². The summed E-state index contributed by atoms with van der Waals surface area (Å²) < 4.78 is 0. The largest absolute Gasteiger partial charge is 0.390 e. The number of amides is 1. The van der Waals surface area contributed by atoms with Crippen LogP contribution in [0.1, 0.15) is 15.9 Å². The molecule has 0 aliphatic carbocycles. The SMILES string of the molecule is O=C(c1ccc(Cl)cc1-c1ccc(Cl)cc1)N1C[C@@H](O)[C@H](N2CCN(Cc3ccc(Cl)cc3)CC2)C1. The van der Waals surface area contributed by atoms with Gasteiger partial charge in [0.2, 0.25) is 0 Å². The highest BCUT2D eigenvalue weighted by Crippen LogP contribution is 2.30. The monoisotopic (exact) mass is 543 g/mol. The molecule has 0 saturated carbocycles. The van der Waals surface area contributed by atoms with E-state index < -0.39 is 6.10 Å². The quantitative estimate of drug-likeness (QED) is 0.473. The van der Waals surface area contributed by atoms with Crippen LogP contribution in [0.5, 0.6) is 0 Å². The fraction of sp³-hybridized carbons (Fsp3) is 0.321. The second kappa shape index (κ2) is 11.1. The van der Waals surface area contributed by atoms with Crippen LogP contribution in [0, 0.1) is 0 Å². The highest BCUT2D eigenvalue weighted by molar-refractivity contribution is 6.31. The maximum Gasteiger partial charge on any atom is 0.254 e. The van der Waals surface area contributed by atoms with Crippen molar-refractivity contribution in [1.82, 2.24) is 14.7 Å². The van der Waals surface area contributed by atoms with Gasteiger partial charge in [0.1, 0.15) is 0 Å². The number of hydrogen-bond donors (Lipinski definition) is 1. The molecule has 2 aliphatic rings. The van der Waals surface area contributed by atoms with E-state index in [-0.39, 0.29) is 11.9 Å². The van der Waals surface area contributed by atoms with E-state index in [0.29, 0.717) is 28.7 Å². The number of benzene rings is 3. The lowest BCUT2D eigenvalue weighted by Crippen LogP contribution is -2.53. The molecule has 2 saturated heterocycles. The molecule has 3 aromatic rings. The molecule has 188 valence electrons. The summed E-state index contributed by atoms with van der Waals surface area (Å²) in [4.78, 5) is 20.1. The molecule has 1 N–H and O–H groups in total. The Hall–Kier alpha value is -2.12. The Kier molecular flexibility index (Phi) is 7.87. The van der Waals surface area contributed by atoms with Crippen molar-refractivity contribution in [3.8, 4) is 11.1 Å². The Morgan fingerprint density at radius 3 is 2.08 bits per heavy atom. The van der Waals surface area contributed by atoms with Crippen molar-refractivity contribution in [1.29, 1.82) is 0 Å². The van der Waals surface area contributed by atoms with Gasteiger partial charge >= 0.3 is 0 Å². The molecule has 2 fully saturated rings. The molecule has 36 heavy (non-hydrogen) atoms. The van der Waals surface area contributed by atoms with Crippen LogP contribution in [-0.4, -0.2) is 77.1 Å². The number of rotatable bonds is 5. The first kappa shape index (κ1) is 25.5. The Bertz CT molecular complexity index is 1210. The van der Waals surface area contributed by atoms with E-state index in [1.54, 1.807) is 29.2 Å². The van der Waals surface area contributed by atoms with Gasteiger partial charge in [0.15, 0.2) is 0 Å². The number of β-amino-alcohol motifs (C(OH)–C–C–N with tert-alkyl or cyclic N) is 1. The Morgan fingerprint density at radius 2 is 1.42 bits per heavy atom. The summed E-state index contributed by atoms with van der Waals surface area (Å²) in [6.07, 6.45) is -0.581. The van der Waals surface area contributed by atoms with Gasteiger partial charge in [0.25, 0.3) is 5.91 Å². The molecular weight excluding hydrogens is 517 g/mol. The summed E-state index contributed by atoms with van der Waals surface area (Å²) in [7, 11) is 0. The molecule has 0 unspecified atom stereocenters. The Labute approximate surface area is 226 Å². The van der Waals surface area contributed by atoms with Crippen molar-refractivity contribution < 1.29 is 9.90 Å². The number of halogens is 3. The number of nitrogens with zero attached hydrogens (tertiary/aromatic N) is 3. The van der Waals surface area contributed by atoms with Crippen LogP contribution in [-0.2, 0) is 6.54 Å². The second-order valence-corrected chi connectivity index (χ2v) is 10.8. The van der Waals surface area contributed by atoms with E-state index in [1.807, 2.05) is 30.3 Å². The maximum absolute atomic E-state index is 13.6. The minimum absolute atomic E-state index is 0.0714. The lowest BCUT2D eigenvalue weighted by atomic mass is 9.99. The molecule has 0 radical (unpaired) electrons. The van der Waals surface area contributed by atoms with Crippen LogP contribution in [0.3, 0.4) is 0 Å². The van der Waals surface area contributed by atoms with Gasteiger partial charge < -0.3 is 10.0 Å². The topological polar surface area (TPSA) is 47.0 Å². The van der Waals surface area contributed by atoms with Gasteiger partial charge in [-0.15, -0.1) is 0 Å². The summed E-state index contributed by atoms with van der Waals surface area (Å²) in [6, 6.07) is 20.6. The van der Waals surface area contributed by atoms with Crippen molar-refractivity contribution >= 4 is 40.7 Å². The van der Waals surface area contributed by atoms with Gasteiger partial charge in [-0.3, -0.25) is 14.6 Å². The Balaban J connectivity index is 1.24. The van der Waals surface area contributed by atoms with Gasteiger partial charge in [0, 0.05) is 66.4 Å². The first-order valence-electron chi connectivity index (χ1n) is 12.1. The fourth-order valence-corrected chi connectivity index (χ4v) is 5.56. The van der Waals surface area contributed by atoms with E-state index in [4.69, 9.17) is 34.8 Å². The van der Waals surface area contributed by atoms with Gasteiger partial charge in [-0.1, -0.05) is 59.1 Å². The zero-order chi connectivity index (χ0) is 25.2. The van der Waals surface area contributed by atoms with Crippen LogP contribution in [0.15, 0.2) is 66.7 Å². The van der Waals surface area contributed by atoms with Crippen molar-refractivity contribution in [2.24, 2.45) is 0 Å². The zero-order valence-electron chi connectivity index (χ0n) is 19.8. The van der Waals surface area contributed by atoms with Crippen molar-refractivity contribution in [3.05, 3.63) is 92.9 Å². The Morgan fingerprint density at radius 1 is 0.806 bits per heavy atom. The van der Waals surface area contributed by atoms with Gasteiger partial charge in [0.05, 0.1) is 12.1 Å². The molecule has 2 atom stereocenters. The second-order valence-electron chi connectivity index (χ2n) is 9.48. The number of aliphatic hydroxyl groups is 1. The van der Waals surface area contributed by atoms with Crippen LogP contribution in [0.25, 0.3) is 11.1 Å². The molecular formula is C28H28Cl3N3O2. The third-order valence-corrected chi connectivity index (χ3v) is 7.85. The number of likely N-dealkylation sites (tertiary alicyclic amines) is 1. The summed E-state index contributed by atoms with van der Waals surface area (Å²) in [6.45, 7) is 5.24. The summed E-state index contributed by atoms with van der Waals surface area (Å²) in [5, 5.41) is 12.8. The third-order valence-electron chi connectivity index (χ3n) is 7.11. The minimum atomic E-state index is -0.581. The number of piperazine rings is 1. The average molecular weight is 545 g/mol. The first-order chi connectivity index (χ1) is 17.4. The van der Waals surface area contributed by atoms with Crippen LogP contribution >= 0.6 is 34.8 Å². The molecule has 0 spiro atoms.